The first kappa shape index (κ1) is 22.6. The van der Waals surface area contributed by atoms with Gasteiger partial charge in [0.1, 0.15) is 0 Å². The lowest BCUT2D eigenvalue weighted by atomic mass is 10.1. The van der Waals surface area contributed by atoms with Crippen molar-refractivity contribution in [3.63, 3.8) is 0 Å². The van der Waals surface area contributed by atoms with E-state index in [2.05, 4.69) is 0 Å². The zero-order valence-corrected chi connectivity index (χ0v) is 17.4. The predicted octanol–water partition coefficient (Wildman–Crippen LogP) is 2.67. The molecular weight excluding hydrogens is 392 g/mol. The molecule has 0 aliphatic rings. The van der Waals surface area contributed by atoms with Crippen LogP contribution in [0.15, 0.2) is 36.4 Å². The second-order valence-corrected chi connectivity index (χ2v) is 9.48. The zero-order chi connectivity index (χ0) is 18.4. The molecule has 2 rings (SSSR count). The van der Waals surface area contributed by atoms with Crippen LogP contribution in [-0.2, 0) is 22.0 Å². The van der Waals surface area contributed by atoms with E-state index in [0.717, 1.165) is 16.9 Å². The Balaban J connectivity index is 0.00000338. The van der Waals surface area contributed by atoms with Gasteiger partial charge >= 0.3 is 0 Å². The van der Waals surface area contributed by atoms with Crippen LogP contribution >= 0.6 is 23.7 Å². The molecule has 0 unspecified atom stereocenters. The van der Waals surface area contributed by atoms with E-state index in [0.29, 0.717) is 30.1 Å². The molecule has 0 fully saturated rings. The first-order valence-corrected chi connectivity index (χ1v) is 11.0. The van der Waals surface area contributed by atoms with Crippen molar-refractivity contribution >= 4 is 39.5 Å². The summed E-state index contributed by atoms with van der Waals surface area (Å²) in [6.07, 6.45) is 1.96. The molecule has 1 amide bonds. The maximum Gasteiger partial charge on any atom is 0.263 e. The molecule has 2 N–H and O–H groups in total. The molecular formula is C18H25ClN2O3S2. The van der Waals surface area contributed by atoms with Crippen molar-refractivity contribution in [3.05, 3.63) is 57.3 Å². The van der Waals surface area contributed by atoms with Crippen molar-refractivity contribution in [2.45, 2.75) is 19.1 Å². The Hall–Kier alpha value is -1.41. The van der Waals surface area contributed by atoms with Gasteiger partial charge in [0.25, 0.3) is 5.91 Å². The normalized spacial score (nSPS) is 11.0. The summed E-state index contributed by atoms with van der Waals surface area (Å²) in [5, 5.41) is 0. The monoisotopic (exact) mass is 416 g/mol. The summed E-state index contributed by atoms with van der Waals surface area (Å²) in [4.78, 5) is 16.0. The third-order valence-corrected chi connectivity index (χ3v) is 5.76. The van der Waals surface area contributed by atoms with Gasteiger partial charge in [-0.2, -0.15) is 0 Å². The molecule has 1 heterocycles. The summed E-state index contributed by atoms with van der Waals surface area (Å²) in [5.74, 6) is -0.127. The van der Waals surface area contributed by atoms with Gasteiger partial charge in [-0.3, -0.25) is 4.79 Å². The van der Waals surface area contributed by atoms with Crippen LogP contribution in [0, 0.1) is 6.92 Å². The number of hydrogen-bond acceptors (Lipinski definition) is 5. The van der Waals surface area contributed by atoms with Crippen LogP contribution in [0.1, 0.15) is 25.7 Å². The van der Waals surface area contributed by atoms with Crippen LogP contribution in [0.5, 0.6) is 0 Å². The third kappa shape index (κ3) is 6.72. The number of halogens is 1. The molecule has 0 atom stereocenters. The van der Waals surface area contributed by atoms with Gasteiger partial charge in [-0.1, -0.05) is 30.3 Å². The molecule has 0 saturated carbocycles. The maximum atomic E-state index is 12.8. The number of nitrogens with two attached hydrogens (primary N) is 1. The van der Waals surface area contributed by atoms with Gasteiger partial charge in [-0.15, -0.1) is 23.7 Å². The average Bonchev–Trinajstić information content (AvgIpc) is 2.91. The molecule has 0 saturated heterocycles. The first-order valence-electron chi connectivity index (χ1n) is 8.10. The van der Waals surface area contributed by atoms with Crippen molar-refractivity contribution < 1.29 is 13.2 Å². The van der Waals surface area contributed by atoms with Gasteiger partial charge < -0.3 is 10.6 Å². The summed E-state index contributed by atoms with van der Waals surface area (Å²) in [6.45, 7) is 3.29. The Labute approximate surface area is 165 Å². The molecule has 1 aromatic heterocycles. The second kappa shape index (κ2) is 10.1. The van der Waals surface area contributed by atoms with Gasteiger partial charge in [-0.05, 0) is 30.5 Å². The van der Waals surface area contributed by atoms with E-state index in [9.17, 15) is 13.2 Å². The fourth-order valence-corrected chi connectivity index (χ4v) is 4.55. The van der Waals surface area contributed by atoms with Crippen LogP contribution < -0.4 is 5.73 Å². The summed E-state index contributed by atoms with van der Waals surface area (Å²) >= 11 is 1.34. The quantitative estimate of drug-likeness (QED) is 0.717. The van der Waals surface area contributed by atoms with Crippen molar-refractivity contribution in [2.75, 3.05) is 25.9 Å². The van der Waals surface area contributed by atoms with Gasteiger partial charge in [0.2, 0.25) is 0 Å². The Bertz CT molecular complexity index is 820. The number of hydrogen-bond donors (Lipinski definition) is 1. The number of carbonyl (C=O) groups is 1. The molecule has 0 radical (unpaired) electrons. The van der Waals surface area contributed by atoms with Crippen LogP contribution in [-0.4, -0.2) is 45.1 Å². The fourth-order valence-electron chi connectivity index (χ4n) is 2.59. The number of benzene rings is 1. The number of sulfone groups is 1. The summed E-state index contributed by atoms with van der Waals surface area (Å²) in [6, 6.07) is 11.7. The van der Waals surface area contributed by atoms with Crippen molar-refractivity contribution in [3.8, 4) is 0 Å². The number of amides is 1. The third-order valence-electron chi connectivity index (χ3n) is 3.85. The molecule has 2 aromatic rings. The predicted molar refractivity (Wildman–Crippen MR) is 110 cm³/mol. The fraction of sp³-hybridized carbons (Fsp3) is 0.389. The van der Waals surface area contributed by atoms with Crippen molar-refractivity contribution in [1.82, 2.24) is 4.90 Å². The lowest BCUT2D eigenvalue weighted by Gasteiger charge is -2.21. The minimum absolute atomic E-state index is 0. The average molecular weight is 417 g/mol. The Kier molecular flexibility index (Phi) is 8.76. The zero-order valence-electron chi connectivity index (χ0n) is 15.0. The van der Waals surface area contributed by atoms with Crippen molar-refractivity contribution in [2.24, 2.45) is 5.73 Å². The first-order chi connectivity index (χ1) is 11.8. The van der Waals surface area contributed by atoms with E-state index in [1.54, 1.807) is 11.0 Å². The van der Waals surface area contributed by atoms with Crippen molar-refractivity contribution in [1.29, 1.82) is 0 Å². The van der Waals surface area contributed by atoms with E-state index in [1.807, 2.05) is 37.3 Å². The molecule has 144 valence electrons. The smallest absolute Gasteiger partial charge is 0.263 e. The highest BCUT2D eigenvalue weighted by molar-refractivity contribution is 7.89. The summed E-state index contributed by atoms with van der Waals surface area (Å²) in [5.41, 5.74) is 7.53. The molecule has 1 aromatic carbocycles. The highest BCUT2D eigenvalue weighted by Gasteiger charge is 2.20. The second-order valence-electron chi connectivity index (χ2n) is 6.08. The Morgan fingerprint density at radius 3 is 2.42 bits per heavy atom. The Morgan fingerprint density at radius 2 is 1.85 bits per heavy atom. The largest absolute Gasteiger partial charge is 0.336 e. The number of aryl methyl sites for hydroxylation is 1. The van der Waals surface area contributed by atoms with Gasteiger partial charge in [-0.25, -0.2) is 8.42 Å². The van der Waals surface area contributed by atoms with E-state index in [-0.39, 0.29) is 24.1 Å². The summed E-state index contributed by atoms with van der Waals surface area (Å²) in [7, 11) is -3.13. The molecule has 8 heteroatoms. The van der Waals surface area contributed by atoms with Gasteiger partial charge in [0.15, 0.2) is 9.84 Å². The Morgan fingerprint density at radius 1 is 1.19 bits per heavy atom. The van der Waals surface area contributed by atoms with E-state index < -0.39 is 9.84 Å². The van der Waals surface area contributed by atoms with Gasteiger partial charge in [0, 0.05) is 30.8 Å². The minimum Gasteiger partial charge on any atom is -0.336 e. The summed E-state index contributed by atoms with van der Waals surface area (Å²) < 4.78 is 23.0. The molecule has 0 bridgehead atoms. The standard InChI is InChI=1S/C18H24N2O3S2.ClH/c1-14-16(13-25(2,22)23)12-17(24-14)18(21)20(11-9-19)10-8-15-6-4-3-5-7-15;/h3-7,12H,8-11,13,19H2,1-2H3;1H. The van der Waals surface area contributed by atoms with Crippen LogP contribution in [0.2, 0.25) is 0 Å². The molecule has 0 aliphatic carbocycles. The van der Waals surface area contributed by atoms with Crippen LogP contribution in [0.3, 0.4) is 0 Å². The molecule has 0 spiro atoms. The maximum absolute atomic E-state index is 12.8. The SMILES string of the molecule is Cc1sc(C(=O)N(CCN)CCc2ccccc2)cc1CS(C)(=O)=O.Cl. The lowest BCUT2D eigenvalue weighted by Crippen LogP contribution is -2.36. The highest BCUT2D eigenvalue weighted by Crippen LogP contribution is 2.24. The van der Waals surface area contributed by atoms with Gasteiger partial charge in [0.05, 0.1) is 10.6 Å². The number of thiophene rings is 1. The molecule has 0 aliphatic heterocycles. The number of carbonyl (C=O) groups excluding carboxylic acids is 1. The molecule has 5 nitrogen and oxygen atoms in total. The lowest BCUT2D eigenvalue weighted by molar-refractivity contribution is 0.0767. The van der Waals surface area contributed by atoms with Crippen LogP contribution in [0.4, 0.5) is 0 Å². The number of nitrogens with zero attached hydrogens (tertiary/aromatic N) is 1. The highest BCUT2D eigenvalue weighted by atomic mass is 35.5. The topological polar surface area (TPSA) is 80.5 Å². The van der Waals surface area contributed by atoms with E-state index in [4.69, 9.17) is 5.73 Å². The van der Waals surface area contributed by atoms with E-state index in [1.165, 1.54) is 17.6 Å². The number of rotatable bonds is 8. The van der Waals surface area contributed by atoms with E-state index >= 15 is 0 Å². The molecule has 26 heavy (non-hydrogen) atoms. The van der Waals surface area contributed by atoms with Crippen LogP contribution in [0.25, 0.3) is 0 Å². The minimum atomic E-state index is -3.13.